The molecule has 5 heterocycles. The van der Waals surface area contributed by atoms with E-state index in [0.717, 1.165) is 25.7 Å². The summed E-state index contributed by atoms with van der Waals surface area (Å²) < 4.78 is 61.6. The van der Waals surface area contributed by atoms with Crippen LogP contribution in [0.25, 0.3) is 22.0 Å². The van der Waals surface area contributed by atoms with Crippen LogP contribution in [0.4, 0.5) is 19.2 Å². The predicted octanol–water partition coefficient (Wildman–Crippen LogP) is 6.64. The van der Waals surface area contributed by atoms with Gasteiger partial charge in [-0.15, -0.1) is 29.6 Å². The summed E-state index contributed by atoms with van der Waals surface area (Å²) in [7, 11) is 0. The Hall–Kier alpha value is -3.91. The van der Waals surface area contributed by atoms with Crippen LogP contribution in [0.3, 0.4) is 0 Å². The van der Waals surface area contributed by atoms with Gasteiger partial charge in [0.15, 0.2) is 0 Å². The van der Waals surface area contributed by atoms with Gasteiger partial charge in [-0.05, 0) is 56.7 Å². The van der Waals surface area contributed by atoms with Gasteiger partial charge in [-0.25, -0.2) is 4.79 Å². The number of hydrogen-bond donors (Lipinski definition) is 1. The number of piperidine rings is 1. The Kier molecular flexibility index (Phi) is 6.69. The highest BCUT2D eigenvalue weighted by Gasteiger charge is 2.44. The van der Waals surface area contributed by atoms with Gasteiger partial charge in [0.2, 0.25) is 0 Å². The van der Waals surface area contributed by atoms with Crippen molar-refractivity contribution in [3.63, 3.8) is 0 Å². The maximum absolute atomic E-state index is 13.1. The minimum atomic E-state index is -4.84. The Morgan fingerprint density at radius 3 is 2.57 bits per heavy atom. The van der Waals surface area contributed by atoms with Crippen LogP contribution in [0.5, 0.6) is 5.75 Å². The van der Waals surface area contributed by atoms with E-state index in [1.54, 1.807) is 6.07 Å². The number of aromatic carboxylic acids is 1. The molecule has 220 valence electrons. The second kappa shape index (κ2) is 10.4. The molecule has 2 saturated heterocycles. The first-order chi connectivity index (χ1) is 20.2. The third-order valence-electron chi connectivity index (χ3n) is 7.98. The van der Waals surface area contributed by atoms with Gasteiger partial charge in [-0.2, -0.15) is 0 Å². The van der Waals surface area contributed by atoms with Gasteiger partial charge < -0.3 is 28.4 Å². The largest absolute Gasteiger partial charge is 0.573 e. The van der Waals surface area contributed by atoms with Crippen molar-refractivity contribution in [1.82, 2.24) is 15.4 Å². The molecule has 4 aromatic rings. The number of carboxylic acids is 1. The fraction of sp³-hybridized carbons (Fsp3) is 0.429. The minimum absolute atomic E-state index is 0.0898. The summed E-state index contributed by atoms with van der Waals surface area (Å²) in [5, 5.41) is 23.3. The second-order valence-electron chi connectivity index (χ2n) is 10.8. The summed E-state index contributed by atoms with van der Waals surface area (Å²) in [6.45, 7) is 0.157. The molecule has 42 heavy (non-hydrogen) atoms. The maximum atomic E-state index is 13.1. The Morgan fingerprint density at radius 1 is 1.12 bits per heavy atom. The van der Waals surface area contributed by atoms with Gasteiger partial charge in [-0.3, -0.25) is 0 Å². The highest BCUT2D eigenvalue weighted by molar-refractivity contribution is 7.13. The zero-order valence-corrected chi connectivity index (χ0v) is 22.9. The summed E-state index contributed by atoms with van der Waals surface area (Å²) in [4.78, 5) is 14.0. The molecule has 3 aromatic heterocycles. The zero-order valence-electron chi connectivity index (χ0n) is 22.0. The average molecular weight is 603 g/mol. The van der Waals surface area contributed by atoms with Crippen LogP contribution in [0.1, 0.15) is 66.1 Å². The lowest BCUT2D eigenvalue weighted by atomic mass is 9.99. The first-order valence-electron chi connectivity index (χ1n) is 13.6. The van der Waals surface area contributed by atoms with Crippen LogP contribution >= 0.6 is 11.3 Å². The lowest BCUT2D eigenvalue weighted by Crippen LogP contribution is -2.45. The summed E-state index contributed by atoms with van der Waals surface area (Å²) in [6, 6.07) is 8.06. The molecule has 3 aliphatic rings. The van der Waals surface area contributed by atoms with Crippen molar-refractivity contribution >= 4 is 23.3 Å². The van der Waals surface area contributed by atoms with Crippen LogP contribution in [0.15, 0.2) is 44.7 Å². The van der Waals surface area contributed by atoms with E-state index >= 15 is 0 Å². The highest BCUT2D eigenvalue weighted by Crippen LogP contribution is 2.46. The minimum Gasteiger partial charge on any atom is -0.478 e. The van der Waals surface area contributed by atoms with Crippen molar-refractivity contribution in [3.05, 3.63) is 52.6 Å². The second-order valence-corrected chi connectivity index (χ2v) is 11.7. The topological polar surface area (TPSA) is 124 Å². The van der Waals surface area contributed by atoms with Crippen molar-refractivity contribution in [2.24, 2.45) is 0 Å². The van der Waals surface area contributed by atoms with Gasteiger partial charge in [-0.1, -0.05) is 22.4 Å². The molecule has 7 rings (SSSR count). The normalized spacial score (nSPS) is 22.1. The molecule has 1 N–H and O–H groups in total. The molecular formula is C28H25F3N4O6S. The number of carboxylic acid groups (broad SMARTS) is 1. The van der Waals surface area contributed by atoms with Crippen molar-refractivity contribution < 1.29 is 41.5 Å². The standard InChI is InChI=1S/C28H25F3N4O6S/c29-28(30,31)40-21-4-2-1-3-19(21)23-20(24(41-34-23)14-5-6-14)12-38-18-10-16-7-8-17(11-18)35(16)27-33-32-25(39-27)22-9-15(13-42-22)26(36)37/h1-4,9,13-14,16-18H,5-8,10-12H2,(H,36,37)/t16-,17+,18+. The third kappa shape index (κ3) is 5.24. The molecule has 0 spiro atoms. The number of hydrogen-bond acceptors (Lipinski definition) is 10. The summed E-state index contributed by atoms with van der Waals surface area (Å²) in [6.07, 6.45) is 0.213. The fourth-order valence-electron chi connectivity index (χ4n) is 5.97. The molecule has 1 saturated carbocycles. The molecule has 0 amide bonds. The SMILES string of the molecule is O=C(O)c1csc(-c2nnc(N3[C@@H]4CC[C@H]3C[C@@H](OCc3c(-c5ccccc5OC(F)(F)F)noc3C3CC3)C4)o2)c1. The number of benzene rings is 1. The van der Waals surface area contributed by atoms with E-state index in [1.165, 1.54) is 41.0 Å². The van der Waals surface area contributed by atoms with E-state index in [4.69, 9.17) is 13.7 Å². The number of carbonyl (C=O) groups is 1. The summed E-state index contributed by atoms with van der Waals surface area (Å²) in [5.74, 6) is -0.235. The van der Waals surface area contributed by atoms with E-state index in [-0.39, 0.29) is 53.5 Å². The number of fused-ring (bicyclic) bond motifs is 2. The van der Waals surface area contributed by atoms with Gasteiger partial charge in [0.05, 0.1) is 23.2 Å². The Balaban J connectivity index is 1.07. The highest BCUT2D eigenvalue weighted by atomic mass is 32.1. The Bertz CT molecular complexity index is 1600. The number of aromatic nitrogens is 3. The van der Waals surface area contributed by atoms with Crippen LogP contribution in [-0.2, 0) is 11.3 Å². The zero-order chi connectivity index (χ0) is 29.0. The number of ether oxygens (including phenoxy) is 2. The van der Waals surface area contributed by atoms with Crippen LogP contribution < -0.4 is 9.64 Å². The number of nitrogens with zero attached hydrogens (tertiary/aromatic N) is 4. The number of thiophene rings is 1. The van der Waals surface area contributed by atoms with Crippen molar-refractivity contribution in [2.45, 2.75) is 75.6 Å². The van der Waals surface area contributed by atoms with E-state index in [2.05, 4.69) is 25.0 Å². The predicted molar refractivity (Wildman–Crippen MR) is 142 cm³/mol. The molecule has 2 bridgehead atoms. The van der Waals surface area contributed by atoms with Crippen molar-refractivity contribution in [2.75, 3.05) is 4.90 Å². The molecule has 3 fully saturated rings. The van der Waals surface area contributed by atoms with Gasteiger partial charge >= 0.3 is 18.3 Å². The molecule has 14 heteroatoms. The quantitative estimate of drug-likeness (QED) is 0.223. The average Bonchev–Trinajstić information content (AvgIpc) is 3.29. The van der Waals surface area contributed by atoms with Gasteiger partial charge in [0.1, 0.15) is 17.2 Å². The number of anilines is 1. The molecule has 2 aliphatic heterocycles. The molecule has 1 aliphatic carbocycles. The molecule has 0 unspecified atom stereocenters. The van der Waals surface area contributed by atoms with Crippen molar-refractivity contribution in [1.29, 1.82) is 0 Å². The molecule has 1 aromatic carbocycles. The Labute approximate surface area is 241 Å². The number of rotatable bonds is 9. The fourth-order valence-corrected chi connectivity index (χ4v) is 6.77. The molecule has 3 atom stereocenters. The van der Waals surface area contributed by atoms with Crippen LogP contribution in [0.2, 0.25) is 0 Å². The first kappa shape index (κ1) is 27.0. The van der Waals surface area contributed by atoms with Crippen LogP contribution in [0, 0.1) is 0 Å². The van der Waals surface area contributed by atoms with Gasteiger partial charge in [0.25, 0.3) is 5.89 Å². The third-order valence-corrected chi connectivity index (χ3v) is 8.90. The van der Waals surface area contributed by atoms with E-state index in [0.29, 0.717) is 40.8 Å². The molecular weight excluding hydrogens is 577 g/mol. The number of alkyl halides is 3. The van der Waals surface area contributed by atoms with E-state index in [1.807, 2.05) is 0 Å². The lowest BCUT2D eigenvalue weighted by Gasteiger charge is -2.37. The van der Waals surface area contributed by atoms with Crippen molar-refractivity contribution in [3.8, 4) is 27.8 Å². The number of halogens is 3. The monoisotopic (exact) mass is 602 g/mol. The molecule has 10 nitrogen and oxygen atoms in total. The van der Waals surface area contributed by atoms with E-state index < -0.39 is 12.3 Å². The van der Waals surface area contributed by atoms with Crippen LogP contribution in [-0.4, -0.2) is 51.0 Å². The molecule has 0 radical (unpaired) electrons. The lowest BCUT2D eigenvalue weighted by molar-refractivity contribution is -0.274. The Morgan fingerprint density at radius 2 is 1.88 bits per heavy atom. The number of para-hydroxylation sites is 1. The van der Waals surface area contributed by atoms with Gasteiger partial charge in [0, 0.05) is 34.5 Å². The first-order valence-corrected chi connectivity index (χ1v) is 14.5. The smallest absolute Gasteiger partial charge is 0.478 e. The summed E-state index contributed by atoms with van der Waals surface area (Å²) in [5.41, 5.74) is 1.33. The summed E-state index contributed by atoms with van der Waals surface area (Å²) >= 11 is 1.23. The van der Waals surface area contributed by atoms with E-state index in [9.17, 15) is 23.1 Å². The maximum Gasteiger partial charge on any atom is 0.573 e.